The van der Waals surface area contributed by atoms with E-state index in [2.05, 4.69) is 31.3 Å². The van der Waals surface area contributed by atoms with Gasteiger partial charge in [-0.2, -0.15) is 0 Å². The van der Waals surface area contributed by atoms with Crippen molar-refractivity contribution < 1.29 is 19.0 Å². The summed E-state index contributed by atoms with van der Waals surface area (Å²) in [5.74, 6) is 2.31. The number of benzene rings is 3. The van der Waals surface area contributed by atoms with Crippen molar-refractivity contribution in [3.05, 3.63) is 71.3 Å². The molecule has 0 atom stereocenters. The lowest BCUT2D eigenvalue weighted by Gasteiger charge is -2.18. The van der Waals surface area contributed by atoms with Crippen LogP contribution in [0, 0.1) is 13.8 Å². The predicted octanol–water partition coefficient (Wildman–Crippen LogP) is 5.77. The molecule has 164 valence electrons. The van der Waals surface area contributed by atoms with Gasteiger partial charge in [-0.15, -0.1) is 0 Å². The maximum atomic E-state index is 13.3. The van der Waals surface area contributed by atoms with Gasteiger partial charge >= 0.3 is 0 Å². The highest BCUT2D eigenvalue weighted by Crippen LogP contribution is 2.51. The van der Waals surface area contributed by atoms with Crippen molar-refractivity contribution in [3.8, 4) is 28.4 Å². The summed E-state index contributed by atoms with van der Waals surface area (Å²) in [6, 6.07) is 18.1. The lowest BCUT2D eigenvalue weighted by molar-refractivity contribution is -0.118. The molecular formula is C27H27NO4. The normalized spacial score (nSPS) is 15.3. The highest BCUT2D eigenvalue weighted by molar-refractivity contribution is 6.02. The first-order valence-electron chi connectivity index (χ1n) is 11.1. The summed E-state index contributed by atoms with van der Waals surface area (Å²) >= 11 is 0. The number of amides is 1. The minimum Gasteiger partial charge on any atom is -0.493 e. The van der Waals surface area contributed by atoms with Gasteiger partial charge in [-0.05, 0) is 86.7 Å². The second kappa shape index (κ2) is 7.90. The molecule has 0 bridgehead atoms. The third-order valence-corrected chi connectivity index (χ3v) is 6.33. The van der Waals surface area contributed by atoms with Gasteiger partial charge in [0.15, 0.2) is 11.5 Å². The van der Waals surface area contributed by atoms with Crippen LogP contribution in [0.25, 0.3) is 11.1 Å². The van der Waals surface area contributed by atoms with E-state index in [1.54, 1.807) is 0 Å². The first-order valence-corrected chi connectivity index (χ1v) is 11.1. The number of rotatable bonds is 6. The largest absolute Gasteiger partial charge is 0.493 e. The zero-order chi connectivity index (χ0) is 22.3. The molecule has 1 N–H and O–H groups in total. The fourth-order valence-corrected chi connectivity index (χ4v) is 4.34. The summed E-state index contributed by atoms with van der Waals surface area (Å²) in [4.78, 5) is 13.3. The molecule has 1 aliphatic heterocycles. The smallest absolute Gasteiger partial charge is 0.235 e. The Labute approximate surface area is 188 Å². The molecule has 1 aliphatic carbocycles. The van der Waals surface area contributed by atoms with Gasteiger partial charge in [0.05, 0.1) is 12.0 Å². The fraction of sp³-hybridized carbons (Fsp3) is 0.296. The van der Waals surface area contributed by atoms with Crippen LogP contribution < -0.4 is 19.5 Å². The van der Waals surface area contributed by atoms with Crippen LogP contribution in [0.15, 0.2) is 54.6 Å². The standard InChI is InChI=1S/C27H27NO4/c1-4-30-23-9-5-17(2)13-22(23)21-15-20(8-6-18(21)3)28-26(29)27(11-12-27)19-7-10-24-25(14-19)32-16-31-24/h5-10,13-15H,4,11-12,16H2,1-3H3,(H,28,29). The number of aryl methyl sites for hydroxylation is 2. The molecule has 0 saturated heterocycles. The van der Waals surface area contributed by atoms with Crippen molar-refractivity contribution in [1.29, 1.82) is 0 Å². The van der Waals surface area contributed by atoms with E-state index < -0.39 is 5.41 Å². The first-order chi connectivity index (χ1) is 15.5. The average molecular weight is 430 g/mol. The first kappa shape index (κ1) is 20.4. The van der Waals surface area contributed by atoms with Crippen LogP contribution in [0.1, 0.15) is 36.5 Å². The van der Waals surface area contributed by atoms with Gasteiger partial charge in [-0.1, -0.05) is 23.8 Å². The second-order valence-electron chi connectivity index (χ2n) is 8.57. The third kappa shape index (κ3) is 3.58. The molecule has 3 aromatic carbocycles. The molecular weight excluding hydrogens is 402 g/mol. The minimum absolute atomic E-state index is 0.0143. The Hall–Kier alpha value is -3.47. The quantitative estimate of drug-likeness (QED) is 0.541. The molecule has 0 spiro atoms. The summed E-state index contributed by atoms with van der Waals surface area (Å²) in [6.45, 7) is 6.96. The number of hydrogen-bond donors (Lipinski definition) is 1. The van der Waals surface area contributed by atoms with Crippen LogP contribution in [-0.2, 0) is 10.2 Å². The number of fused-ring (bicyclic) bond motifs is 1. The lowest BCUT2D eigenvalue weighted by Crippen LogP contribution is -2.27. The Kier molecular flexibility index (Phi) is 5.04. The number of carbonyl (C=O) groups is 1. The van der Waals surface area contributed by atoms with Crippen LogP contribution in [0.4, 0.5) is 5.69 Å². The zero-order valence-corrected chi connectivity index (χ0v) is 18.7. The molecule has 1 amide bonds. The monoisotopic (exact) mass is 429 g/mol. The SMILES string of the molecule is CCOc1ccc(C)cc1-c1cc(NC(=O)C2(c3ccc4c(c3)OCO4)CC2)ccc1C. The maximum Gasteiger partial charge on any atom is 0.235 e. The number of carbonyl (C=O) groups excluding carboxylic acids is 1. The topological polar surface area (TPSA) is 56.8 Å². The van der Waals surface area contributed by atoms with Crippen LogP contribution in [0.2, 0.25) is 0 Å². The molecule has 1 heterocycles. The van der Waals surface area contributed by atoms with E-state index in [9.17, 15) is 4.79 Å². The average Bonchev–Trinajstić information content (AvgIpc) is 3.47. The molecule has 5 rings (SSSR count). The number of anilines is 1. The maximum absolute atomic E-state index is 13.3. The summed E-state index contributed by atoms with van der Waals surface area (Å²) in [7, 11) is 0. The lowest BCUT2D eigenvalue weighted by atomic mass is 9.94. The van der Waals surface area contributed by atoms with Crippen LogP contribution >= 0.6 is 0 Å². The molecule has 1 fully saturated rings. The van der Waals surface area contributed by atoms with Crippen LogP contribution in [-0.4, -0.2) is 19.3 Å². The molecule has 32 heavy (non-hydrogen) atoms. The van der Waals surface area contributed by atoms with E-state index in [1.807, 2.05) is 49.4 Å². The molecule has 0 unspecified atom stereocenters. The van der Waals surface area contributed by atoms with Crippen molar-refractivity contribution >= 4 is 11.6 Å². The molecule has 0 radical (unpaired) electrons. The molecule has 5 nitrogen and oxygen atoms in total. The summed E-state index contributed by atoms with van der Waals surface area (Å²) in [5.41, 5.74) is 5.64. The van der Waals surface area contributed by atoms with Gasteiger partial charge < -0.3 is 19.5 Å². The Morgan fingerprint density at radius 2 is 1.78 bits per heavy atom. The van der Waals surface area contributed by atoms with Gasteiger partial charge in [0.2, 0.25) is 12.7 Å². The van der Waals surface area contributed by atoms with Crippen molar-refractivity contribution in [1.82, 2.24) is 0 Å². The molecule has 1 saturated carbocycles. The minimum atomic E-state index is -0.508. The predicted molar refractivity (Wildman–Crippen MR) is 125 cm³/mol. The highest BCUT2D eigenvalue weighted by atomic mass is 16.7. The Balaban J connectivity index is 1.44. The third-order valence-electron chi connectivity index (χ3n) is 6.33. The number of nitrogens with one attached hydrogen (secondary N) is 1. The van der Waals surface area contributed by atoms with Crippen molar-refractivity contribution in [3.63, 3.8) is 0 Å². The highest BCUT2D eigenvalue weighted by Gasteiger charge is 2.51. The van der Waals surface area contributed by atoms with Crippen LogP contribution in [0.3, 0.4) is 0 Å². The molecule has 3 aromatic rings. The summed E-state index contributed by atoms with van der Waals surface area (Å²) in [5, 5.41) is 3.16. The molecule has 0 aromatic heterocycles. The zero-order valence-electron chi connectivity index (χ0n) is 18.7. The van der Waals surface area contributed by atoms with Gasteiger partial charge in [0, 0.05) is 11.3 Å². The van der Waals surface area contributed by atoms with Gasteiger partial charge in [-0.25, -0.2) is 0 Å². The number of hydrogen-bond acceptors (Lipinski definition) is 4. The van der Waals surface area contributed by atoms with Gasteiger partial charge in [0.1, 0.15) is 5.75 Å². The molecule has 2 aliphatic rings. The van der Waals surface area contributed by atoms with Crippen LogP contribution in [0.5, 0.6) is 17.2 Å². The Bertz CT molecular complexity index is 1200. The molecule has 5 heteroatoms. The van der Waals surface area contributed by atoms with E-state index >= 15 is 0 Å². The van der Waals surface area contributed by atoms with E-state index in [0.29, 0.717) is 12.4 Å². The second-order valence-corrected chi connectivity index (χ2v) is 8.57. The van der Waals surface area contributed by atoms with E-state index in [0.717, 1.165) is 57.8 Å². The van der Waals surface area contributed by atoms with Gasteiger partial charge in [0.25, 0.3) is 0 Å². The number of ether oxygens (including phenoxy) is 3. The van der Waals surface area contributed by atoms with Crippen molar-refractivity contribution in [2.45, 2.75) is 39.0 Å². The van der Waals surface area contributed by atoms with Crippen molar-refractivity contribution in [2.75, 3.05) is 18.7 Å². The van der Waals surface area contributed by atoms with E-state index in [1.165, 1.54) is 0 Å². The fourth-order valence-electron chi connectivity index (χ4n) is 4.34. The van der Waals surface area contributed by atoms with E-state index in [4.69, 9.17) is 14.2 Å². The van der Waals surface area contributed by atoms with E-state index in [-0.39, 0.29) is 12.7 Å². The van der Waals surface area contributed by atoms with Crippen molar-refractivity contribution in [2.24, 2.45) is 0 Å². The summed E-state index contributed by atoms with van der Waals surface area (Å²) < 4.78 is 16.8. The Morgan fingerprint density at radius 3 is 2.56 bits per heavy atom. The summed E-state index contributed by atoms with van der Waals surface area (Å²) in [6.07, 6.45) is 1.65. The van der Waals surface area contributed by atoms with Gasteiger partial charge in [-0.3, -0.25) is 4.79 Å². The Morgan fingerprint density at radius 1 is 0.969 bits per heavy atom.